The van der Waals surface area contributed by atoms with Crippen LogP contribution in [-0.2, 0) is 10.0 Å². The van der Waals surface area contributed by atoms with E-state index in [-0.39, 0.29) is 6.42 Å². The normalized spacial score (nSPS) is 15.8. The average Bonchev–Trinajstić information content (AvgIpc) is 1.81. The molecule has 0 fully saturated rings. The first-order valence-corrected chi connectivity index (χ1v) is 5.39. The molecule has 0 rings (SSSR count). The molecule has 1 atom stereocenters. The van der Waals surface area contributed by atoms with Crippen LogP contribution in [0.3, 0.4) is 0 Å². The van der Waals surface area contributed by atoms with E-state index in [4.69, 9.17) is 0 Å². The summed E-state index contributed by atoms with van der Waals surface area (Å²) in [5, 5.41) is 2.04. The Bertz CT molecular complexity index is 247. The van der Waals surface area contributed by atoms with Crippen molar-refractivity contribution in [1.82, 2.24) is 0 Å². The maximum Gasteiger partial charge on any atom is 0.406 e. The second-order valence-electron chi connectivity index (χ2n) is 2.76. The highest BCUT2D eigenvalue weighted by Gasteiger charge is 2.46. The molecule has 1 unspecified atom stereocenters. The highest BCUT2D eigenvalue weighted by atomic mass is 32.2. The summed E-state index contributed by atoms with van der Waals surface area (Å²) in [4.78, 5) is 0. The molecule has 0 bridgehead atoms. The van der Waals surface area contributed by atoms with E-state index in [0.29, 0.717) is 6.42 Å². The average molecular weight is 219 g/mol. The van der Waals surface area contributed by atoms with Crippen LogP contribution in [0.2, 0.25) is 0 Å². The Hall–Kier alpha value is -0.300. The molecular weight excluding hydrogens is 207 g/mol. The van der Waals surface area contributed by atoms with E-state index < -0.39 is 27.9 Å². The van der Waals surface area contributed by atoms with E-state index in [0.717, 1.165) is 0 Å². The molecule has 7 heteroatoms. The fourth-order valence-electron chi connectivity index (χ4n) is 0.904. The molecule has 0 aliphatic rings. The van der Waals surface area contributed by atoms with Crippen LogP contribution in [0, 0.1) is 0 Å². The van der Waals surface area contributed by atoms with E-state index in [2.05, 4.69) is 5.14 Å². The minimum absolute atomic E-state index is 0.195. The van der Waals surface area contributed by atoms with Gasteiger partial charge in [-0.3, -0.25) is 0 Å². The zero-order valence-electron chi connectivity index (χ0n) is 7.13. The van der Waals surface area contributed by atoms with Gasteiger partial charge in [-0.05, 0) is 6.42 Å². The monoisotopic (exact) mass is 219 g/mol. The van der Waals surface area contributed by atoms with E-state index >= 15 is 0 Å². The number of nitrogens with two attached hydrogens (primary N) is 1. The number of sulfonamides is 1. The predicted molar refractivity (Wildman–Crippen MR) is 42.5 cm³/mol. The minimum Gasteiger partial charge on any atom is -0.228 e. The lowest BCUT2D eigenvalue weighted by molar-refractivity contribution is -0.131. The Morgan fingerprint density at radius 3 is 2.08 bits per heavy atom. The van der Waals surface area contributed by atoms with Crippen LogP contribution in [0.25, 0.3) is 0 Å². The van der Waals surface area contributed by atoms with Gasteiger partial charge in [-0.15, -0.1) is 0 Å². The lowest BCUT2D eigenvalue weighted by atomic mass is 10.2. The van der Waals surface area contributed by atoms with Gasteiger partial charge in [-0.2, -0.15) is 13.2 Å². The van der Waals surface area contributed by atoms with E-state index in [1.165, 1.54) is 0 Å². The molecule has 0 aromatic rings. The molecule has 13 heavy (non-hydrogen) atoms. The quantitative estimate of drug-likeness (QED) is 0.776. The molecule has 0 radical (unpaired) electrons. The molecule has 0 saturated carbocycles. The van der Waals surface area contributed by atoms with Crippen LogP contribution < -0.4 is 5.14 Å². The SMILES string of the molecule is CCCCC(C(F)(F)F)S(N)(=O)=O. The third-order valence-corrected chi connectivity index (χ3v) is 2.88. The summed E-state index contributed by atoms with van der Waals surface area (Å²) in [5.74, 6) is 0. The number of halogens is 3. The van der Waals surface area contributed by atoms with Gasteiger partial charge < -0.3 is 0 Å². The van der Waals surface area contributed by atoms with Gasteiger partial charge in [-0.1, -0.05) is 19.8 Å². The van der Waals surface area contributed by atoms with Crippen LogP contribution >= 0.6 is 0 Å². The van der Waals surface area contributed by atoms with Gasteiger partial charge in [-0.25, -0.2) is 13.6 Å². The number of unbranched alkanes of at least 4 members (excludes halogenated alkanes) is 1. The van der Waals surface area contributed by atoms with Gasteiger partial charge in [0.2, 0.25) is 10.0 Å². The summed E-state index contributed by atoms with van der Waals surface area (Å²) >= 11 is 0. The van der Waals surface area contributed by atoms with Crippen LogP contribution in [0.5, 0.6) is 0 Å². The maximum absolute atomic E-state index is 12.1. The molecular formula is C6H12F3NO2S. The van der Waals surface area contributed by atoms with Crippen LogP contribution in [0.4, 0.5) is 13.2 Å². The second kappa shape index (κ2) is 4.28. The fourth-order valence-corrected chi connectivity index (χ4v) is 1.77. The molecule has 0 aliphatic heterocycles. The van der Waals surface area contributed by atoms with Crippen molar-refractivity contribution in [3.05, 3.63) is 0 Å². The van der Waals surface area contributed by atoms with E-state index in [9.17, 15) is 21.6 Å². The van der Waals surface area contributed by atoms with E-state index in [1.54, 1.807) is 6.92 Å². The Morgan fingerprint density at radius 1 is 1.38 bits per heavy atom. The number of rotatable bonds is 4. The Kier molecular flexibility index (Phi) is 4.18. The van der Waals surface area contributed by atoms with Crippen molar-refractivity contribution in [2.45, 2.75) is 37.6 Å². The number of hydrogen-bond donors (Lipinski definition) is 1. The highest BCUT2D eigenvalue weighted by molar-refractivity contribution is 7.89. The van der Waals surface area contributed by atoms with Crippen LogP contribution in [0.15, 0.2) is 0 Å². The molecule has 80 valence electrons. The Labute approximate surface area is 75.2 Å². The van der Waals surface area contributed by atoms with Crippen LogP contribution in [-0.4, -0.2) is 19.8 Å². The third kappa shape index (κ3) is 4.47. The lowest BCUT2D eigenvalue weighted by Crippen LogP contribution is -2.40. The first kappa shape index (κ1) is 12.7. The van der Waals surface area contributed by atoms with E-state index in [1.807, 2.05) is 0 Å². The Morgan fingerprint density at radius 2 is 1.85 bits per heavy atom. The highest BCUT2D eigenvalue weighted by Crippen LogP contribution is 2.28. The molecule has 0 spiro atoms. The summed E-state index contributed by atoms with van der Waals surface area (Å²) in [6, 6.07) is 0. The topological polar surface area (TPSA) is 60.2 Å². The smallest absolute Gasteiger partial charge is 0.228 e. The van der Waals surface area contributed by atoms with Gasteiger partial charge >= 0.3 is 6.18 Å². The van der Waals surface area contributed by atoms with Gasteiger partial charge in [0.1, 0.15) is 0 Å². The lowest BCUT2D eigenvalue weighted by Gasteiger charge is -2.17. The van der Waals surface area contributed by atoms with Gasteiger partial charge in [0.15, 0.2) is 5.25 Å². The summed E-state index contributed by atoms with van der Waals surface area (Å²) in [7, 11) is -4.52. The summed E-state index contributed by atoms with van der Waals surface area (Å²) in [6.07, 6.45) is -4.52. The van der Waals surface area contributed by atoms with Crippen LogP contribution in [0.1, 0.15) is 26.2 Å². The first-order valence-electron chi connectivity index (χ1n) is 3.78. The predicted octanol–water partition coefficient (Wildman–Crippen LogP) is 1.40. The maximum atomic E-state index is 12.1. The summed E-state index contributed by atoms with van der Waals surface area (Å²) < 4.78 is 57.3. The zero-order valence-corrected chi connectivity index (χ0v) is 7.95. The van der Waals surface area contributed by atoms with Crippen molar-refractivity contribution in [1.29, 1.82) is 0 Å². The molecule has 0 aromatic heterocycles. The Balaban J connectivity index is 4.59. The van der Waals surface area contributed by atoms with Gasteiger partial charge in [0, 0.05) is 0 Å². The first-order chi connectivity index (χ1) is 5.69. The molecule has 0 heterocycles. The standard InChI is InChI=1S/C6H12F3NO2S/c1-2-3-4-5(6(7,8)9)13(10,11)12/h5H,2-4H2,1H3,(H2,10,11,12). The van der Waals surface area contributed by atoms with Crippen molar-refractivity contribution in [3.63, 3.8) is 0 Å². The number of alkyl halides is 3. The molecule has 2 N–H and O–H groups in total. The van der Waals surface area contributed by atoms with Crippen molar-refractivity contribution >= 4 is 10.0 Å². The zero-order chi connectivity index (χ0) is 10.7. The van der Waals surface area contributed by atoms with Crippen molar-refractivity contribution < 1.29 is 21.6 Å². The molecule has 0 amide bonds. The van der Waals surface area contributed by atoms with Crippen molar-refractivity contribution in [3.8, 4) is 0 Å². The molecule has 3 nitrogen and oxygen atoms in total. The van der Waals surface area contributed by atoms with Crippen molar-refractivity contribution in [2.75, 3.05) is 0 Å². The molecule has 0 aromatic carbocycles. The van der Waals surface area contributed by atoms with Crippen molar-refractivity contribution in [2.24, 2.45) is 5.14 Å². The fraction of sp³-hybridized carbons (Fsp3) is 1.00. The minimum atomic E-state index is -4.76. The van der Waals surface area contributed by atoms with Gasteiger partial charge in [0.05, 0.1) is 0 Å². The molecule has 0 aliphatic carbocycles. The second-order valence-corrected chi connectivity index (χ2v) is 4.51. The number of hydrogen-bond acceptors (Lipinski definition) is 2. The summed E-state index contributed by atoms with van der Waals surface area (Å²) in [6.45, 7) is 1.68. The largest absolute Gasteiger partial charge is 0.406 e. The third-order valence-electron chi connectivity index (χ3n) is 1.58. The molecule has 0 saturated heterocycles. The number of primary sulfonamides is 1. The summed E-state index contributed by atoms with van der Waals surface area (Å²) in [5.41, 5.74) is 0. The van der Waals surface area contributed by atoms with Gasteiger partial charge in [0.25, 0.3) is 0 Å².